The van der Waals surface area contributed by atoms with E-state index in [1.807, 2.05) is 30.3 Å². The van der Waals surface area contributed by atoms with Crippen molar-refractivity contribution < 1.29 is 4.74 Å². The van der Waals surface area contributed by atoms with Crippen molar-refractivity contribution in [3.63, 3.8) is 0 Å². The normalized spacial score (nSPS) is 11.3. The van der Waals surface area contributed by atoms with Gasteiger partial charge in [-0.05, 0) is 24.1 Å². The fourth-order valence-electron chi connectivity index (χ4n) is 1.19. The van der Waals surface area contributed by atoms with E-state index < -0.39 is 0 Å². The SMILES string of the molecule is C=CC[C@@H](N)c1cccc(OC)c1.Cl. The largest absolute Gasteiger partial charge is 0.497 e. The number of halogens is 1. The molecule has 3 heteroatoms. The molecular weight excluding hydrogens is 198 g/mol. The van der Waals surface area contributed by atoms with Crippen LogP contribution in [0.3, 0.4) is 0 Å². The van der Waals surface area contributed by atoms with E-state index in [2.05, 4.69) is 6.58 Å². The summed E-state index contributed by atoms with van der Waals surface area (Å²) in [5, 5.41) is 0. The second-order valence-electron chi connectivity index (χ2n) is 2.91. The van der Waals surface area contributed by atoms with E-state index in [0.717, 1.165) is 17.7 Å². The van der Waals surface area contributed by atoms with Gasteiger partial charge in [0.1, 0.15) is 5.75 Å². The molecular formula is C11H16ClNO. The summed E-state index contributed by atoms with van der Waals surface area (Å²) in [7, 11) is 1.65. The molecule has 0 bridgehead atoms. The molecule has 1 atom stereocenters. The number of hydrogen-bond acceptors (Lipinski definition) is 2. The van der Waals surface area contributed by atoms with Crippen LogP contribution in [0, 0.1) is 0 Å². The van der Waals surface area contributed by atoms with Gasteiger partial charge in [-0.25, -0.2) is 0 Å². The average Bonchev–Trinajstić information content (AvgIpc) is 2.18. The first-order chi connectivity index (χ1) is 6.27. The maximum atomic E-state index is 5.90. The zero-order chi connectivity index (χ0) is 9.68. The summed E-state index contributed by atoms with van der Waals surface area (Å²) < 4.78 is 5.10. The van der Waals surface area contributed by atoms with E-state index in [9.17, 15) is 0 Å². The minimum atomic E-state index is 0. The number of benzene rings is 1. The molecule has 2 nitrogen and oxygen atoms in total. The van der Waals surface area contributed by atoms with Gasteiger partial charge in [-0.2, -0.15) is 0 Å². The van der Waals surface area contributed by atoms with Crippen LogP contribution >= 0.6 is 12.4 Å². The zero-order valence-corrected chi connectivity index (χ0v) is 9.09. The second kappa shape index (κ2) is 6.46. The first kappa shape index (κ1) is 13.0. The van der Waals surface area contributed by atoms with Gasteiger partial charge in [0.05, 0.1) is 7.11 Å². The topological polar surface area (TPSA) is 35.2 Å². The van der Waals surface area contributed by atoms with E-state index in [1.165, 1.54) is 0 Å². The third-order valence-electron chi connectivity index (χ3n) is 1.94. The van der Waals surface area contributed by atoms with Crippen molar-refractivity contribution in [1.29, 1.82) is 0 Å². The van der Waals surface area contributed by atoms with Crippen LogP contribution in [0.5, 0.6) is 5.75 Å². The molecule has 0 saturated heterocycles. The predicted octanol–water partition coefficient (Wildman–Crippen LogP) is 2.69. The highest BCUT2D eigenvalue weighted by Gasteiger charge is 2.03. The molecule has 0 aliphatic rings. The molecule has 1 rings (SSSR count). The molecule has 0 radical (unpaired) electrons. The zero-order valence-electron chi connectivity index (χ0n) is 8.27. The van der Waals surface area contributed by atoms with E-state index in [4.69, 9.17) is 10.5 Å². The lowest BCUT2D eigenvalue weighted by molar-refractivity contribution is 0.414. The van der Waals surface area contributed by atoms with Gasteiger partial charge in [-0.3, -0.25) is 0 Å². The van der Waals surface area contributed by atoms with Gasteiger partial charge in [-0.15, -0.1) is 19.0 Å². The summed E-state index contributed by atoms with van der Waals surface area (Å²) in [5.74, 6) is 0.844. The molecule has 0 unspecified atom stereocenters. The van der Waals surface area contributed by atoms with Crippen LogP contribution in [0.25, 0.3) is 0 Å². The molecule has 0 heterocycles. The fraction of sp³-hybridized carbons (Fsp3) is 0.273. The molecule has 0 spiro atoms. The summed E-state index contributed by atoms with van der Waals surface area (Å²) in [6.07, 6.45) is 2.61. The Hall–Kier alpha value is -0.990. The van der Waals surface area contributed by atoms with E-state index in [-0.39, 0.29) is 18.4 Å². The van der Waals surface area contributed by atoms with Crippen LogP contribution in [0.1, 0.15) is 18.0 Å². The first-order valence-corrected chi connectivity index (χ1v) is 4.28. The summed E-state index contributed by atoms with van der Waals surface area (Å²) in [5.41, 5.74) is 6.98. The predicted molar refractivity (Wildman–Crippen MR) is 62.0 cm³/mol. The summed E-state index contributed by atoms with van der Waals surface area (Å²) in [4.78, 5) is 0. The maximum Gasteiger partial charge on any atom is 0.119 e. The van der Waals surface area contributed by atoms with Gasteiger partial charge in [0, 0.05) is 6.04 Å². The molecule has 0 amide bonds. The Kier molecular flexibility index (Phi) is 6.00. The van der Waals surface area contributed by atoms with Crippen molar-refractivity contribution in [2.45, 2.75) is 12.5 Å². The lowest BCUT2D eigenvalue weighted by Gasteiger charge is -2.10. The van der Waals surface area contributed by atoms with Gasteiger partial charge in [-0.1, -0.05) is 18.2 Å². The van der Waals surface area contributed by atoms with E-state index >= 15 is 0 Å². The monoisotopic (exact) mass is 213 g/mol. The second-order valence-corrected chi connectivity index (χ2v) is 2.91. The van der Waals surface area contributed by atoms with Crippen molar-refractivity contribution in [1.82, 2.24) is 0 Å². The van der Waals surface area contributed by atoms with Gasteiger partial charge in [0.15, 0.2) is 0 Å². The van der Waals surface area contributed by atoms with Crippen molar-refractivity contribution in [2.75, 3.05) is 7.11 Å². The average molecular weight is 214 g/mol. The first-order valence-electron chi connectivity index (χ1n) is 4.28. The van der Waals surface area contributed by atoms with Crippen molar-refractivity contribution in [3.05, 3.63) is 42.5 Å². The van der Waals surface area contributed by atoms with Crippen molar-refractivity contribution in [2.24, 2.45) is 5.73 Å². The van der Waals surface area contributed by atoms with Crippen molar-refractivity contribution >= 4 is 12.4 Å². The third kappa shape index (κ3) is 3.40. The molecule has 2 N–H and O–H groups in total. The quantitative estimate of drug-likeness (QED) is 0.781. The maximum absolute atomic E-state index is 5.90. The van der Waals surface area contributed by atoms with Gasteiger partial charge >= 0.3 is 0 Å². The standard InChI is InChI=1S/C11H15NO.ClH/c1-3-5-11(12)9-6-4-7-10(8-9)13-2;/h3-4,6-8,11H,1,5,12H2,2H3;1H/t11-;/m1./s1. The minimum absolute atomic E-state index is 0. The molecule has 1 aromatic rings. The Balaban J connectivity index is 0.00000169. The number of nitrogens with two attached hydrogens (primary N) is 1. The van der Waals surface area contributed by atoms with Crippen LogP contribution in [-0.4, -0.2) is 7.11 Å². The number of methoxy groups -OCH3 is 1. The van der Waals surface area contributed by atoms with E-state index in [0.29, 0.717) is 0 Å². The van der Waals surface area contributed by atoms with E-state index in [1.54, 1.807) is 7.11 Å². The lowest BCUT2D eigenvalue weighted by atomic mass is 10.0. The summed E-state index contributed by atoms with van der Waals surface area (Å²) in [6, 6.07) is 7.82. The molecule has 0 fully saturated rings. The fourth-order valence-corrected chi connectivity index (χ4v) is 1.19. The van der Waals surface area contributed by atoms with Crippen LogP contribution in [0.4, 0.5) is 0 Å². The molecule has 0 aliphatic heterocycles. The van der Waals surface area contributed by atoms with Crippen LogP contribution in [0.2, 0.25) is 0 Å². The highest BCUT2D eigenvalue weighted by molar-refractivity contribution is 5.85. The molecule has 14 heavy (non-hydrogen) atoms. The third-order valence-corrected chi connectivity index (χ3v) is 1.94. The van der Waals surface area contributed by atoms with Crippen molar-refractivity contribution in [3.8, 4) is 5.75 Å². The van der Waals surface area contributed by atoms with Gasteiger partial charge in [0.25, 0.3) is 0 Å². The number of ether oxygens (including phenoxy) is 1. The highest BCUT2D eigenvalue weighted by atomic mass is 35.5. The van der Waals surface area contributed by atoms with Crippen LogP contribution in [0.15, 0.2) is 36.9 Å². The van der Waals surface area contributed by atoms with Gasteiger partial charge < -0.3 is 10.5 Å². The number of rotatable bonds is 4. The Morgan fingerprint density at radius 3 is 2.86 bits per heavy atom. The lowest BCUT2D eigenvalue weighted by Crippen LogP contribution is -2.08. The summed E-state index contributed by atoms with van der Waals surface area (Å²) >= 11 is 0. The Morgan fingerprint density at radius 2 is 2.29 bits per heavy atom. The molecule has 0 aliphatic carbocycles. The highest BCUT2D eigenvalue weighted by Crippen LogP contribution is 2.19. The van der Waals surface area contributed by atoms with Gasteiger partial charge in [0.2, 0.25) is 0 Å². The van der Waals surface area contributed by atoms with Crippen LogP contribution < -0.4 is 10.5 Å². The van der Waals surface area contributed by atoms with Crippen LogP contribution in [-0.2, 0) is 0 Å². The molecule has 0 saturated carbocycles. The smallest absolute Gasteiger partial charge is 0.119 e. The Bertz CT molecular complexity index is 288. The Labute approximate surface area is 91.2 Å². The summed E-state index contributed by atoms with van der Waals surface area (Å²) in [6.45, 7) is 3.66. The number of hydrogen-bond donors (Lipinski definition) is 1. The minimum Gasteiger partial charge on any atom is -0.497 e. The molecule has 0 aromatic heterocycles. The molecule has 1 aromatic carbocycles. The molecule has 78 valence electrons. The Morgan fingerprint density at radius 1 is 1.57 bits per heavy atom.